The molecule has 1 atom stereocenters. The Hall–Kier alpha value is -3.56. The van der Waals surface area contributed by atoms with E-state index in [9.17, 15) is 28.5 Å². The van der Waals surface area contributed by atoms with Crippen molar-refractivity contribution in [1.29, 1.82) is 0 Å². The predicted octanol–water partition coefficient (Wildman–Crippen LogP) is 2.82. The number of hydrogen-bond donors (Lipinski definition) is 1. The quantitative estimate of drug-likeness (QED) is 0.450. The highest BCUT2D eigenvalue weighted by Crippen LogP contribution is 2.21. The minimum atomic E-state index is -1.24. The molecule has 27 heavy (non-hydrogen) atoms. The molecule has 1 N–H and O–H groups in total. The number of anilines is 1. The van der Waals surface area contributed by atoms with Crippen LogP contribution in [0.2, 0.25) is 0 Å². The normalized spacial score (nSPS) is 11.4. The van der Waals surface area contributed by atoms with Gasteiger partial charge in [-0.1, -0.05) is 0 Å². The number of nitro groups is 1. The minimum absolute atomic E-state index is 0.0291. The zero-order chi connectivity index (χ0) is 20.0. The predicted molar refractivity (Wildman–Crippen MR) is 89.1 cm³/mol. The minimum Gasteiger partial charge on any atom is -0.482 e. The molecule has 142 valence electrons. The Morgan fingerprint density at radius 2 is 1.85 bits per heavy atom. The number of nitrogens with zero attached hydrogens (tertiary/aromatic N) is 1. The first-order valence-electron chi connectivity index (χ1n) is 7.59. The maximum Gasteiger partial charge on any atom is 0.344 e. The van der Waals surface area contributed by atoms with E-state index in [1.165, 1.54) is 19.1 Å². The summed E-state index contributed by atoms with van der Waals surface area (Å²) < 4.78 is 36.0. The van der Waals surface area contributed by atoms with E-state index in [1.54, 1.807) is 0 Å². The van der Waals surface area contributed by atoms with Gasteiger partial charge in [0.2, 0.25) is 5.82 Å². The van der Waals surface area contributed by atoms with Gasteiger partial charge in [0.1, 0.15) is 11.6 Å². The molecule has 0 aliphatic carbocycles. The van der Waals surface area contributed by atoms with Crippen LogP contribution in [0.5, 0.6) is 5.75 Å². The van der Waals surface area contributed by atoms with Crippen LogP contribution in [0.25, 0.3) is 0 Å². The van der Waals surface area contributed by atoms with Crippen LogP contribution in [0.3, 0.4) is 0 Å². The van der Waals surface area contributed by atoms with Crippen molar-refractivity contribution in [3.8, 4) is 5.75 Å². The summed E-state index contributed by atoms with van der Waals surface area (Å²) in [5.74, 6) is -2.89. The van der Waals surface area contributed by atoms with Gasteiger partial charge in [0, 0.05) is 11.8 Å². The van der Waals surface area contributed by atoms with E-state index >= 15 is 0 Å². The molecule has 0 unspecified atom stereocenters. The van der Waals surface area contributed by atoms with Crippen LogP contribution in [0.4, 0.5) is 20.2 Å². The van der Waals surface area contributed by atoms with Gasteiger partial charge in [-0.2, -0.15) is 4.39 Å². The number of ether oxygens (including phenoxy) is 2. The number of carbonyl (C=O) groups excluding carboxylic acids is 2. The summed E-state index contributed by atoms with van der Waals surface area (Å²) in [6.07, 6.45) is -1.24. The molecule has 0 radical (unpaired) electrons. The molecule has 0 saturated heterocycles. The second-order valence-electron chi connectivity index (χ2n) is 5.29. The van der Waals surface area contributed by atoms with Crippen molar-refractivity contribution in [2.75, 3.05) is 11.9 Å². The molecule has 0 aliphatic rings. The Morgan fingerprint density at radius 1 is 1.19 bits per heavy atom. The standard InChI is InChI=1S/C17H14F2N2O6/c1-10(27-16(22)9-26-13-5-2-11(18)3-6-13)17(23)20-12-4-7-14(19)15(8-12)21(24)25/h2-8,10H,9H2,1H3,(H,20,23)/t10-/m1/s1. The van der Waals surface area contributed by atoms with Crippen molar-refractivity contribution in [3.05, 3.63) is 64.2 Å². The van der Waals surface area contributed by atoms with E-state index in [0.29, 0.717) is 0 Å². The van der Waals surface area contributed by atoms with Crippen molar-refractivity contribution in [1.82, 2.24) is 0 Å². The lowest BCUT2D eigenvalue weighted by Gasteiger charge is -2.14. The molecule has 0 heterocycles. The first kappa shape index (κ1) is 19.8. The lowest BCUT2D eigenvalue weighted by Crippen LogP contribution is -2.31. The third-order valence-corrected chi connectivity index (χ3v) is 3.26. The zero-order valence-corrected chi connectivity index (χ0v) is 14.0. The zero-order valence-electron chi connectivity index (χ0n) is 14.0. The summed E-state index contributed by atoms with van der Waals surface area (Å²) in [6.45, 7) is 0.772. The van der Waals surface area contributed by atoms with Gasteiger partial charge < -0.3 is 14.8 Å². The molecule has 2 rings (SSSR count). The molecular weight excluding hydrogens is 366 g/mol. The van der Waals surface area contributed by atoms with Crippen molar-refractivity contribution < 1.29 is 32.8 Å². The Bertz CT molecular complexity index is 857. The van der Waals surface area contributed by atoms with E-state index in [-0.39, 0.29) is 11.4 Å². The second-order valence-corrected chi connectivity index (χ2v) is 5.29. The van der Waals surface area contributed by atoms with Crippen LogP contribution in [0.1, 0.15) is 6.92 Å². The van der Waals surface area contributed by atoms with Gasteiger partial charge in [-0.25, -0.2) is 9.18 Å². The number of amides is 1. The molecule has 10 heteroatoms. The van der Waals surface area contributed by atoms with Crippen LogP contribution in [0, 0.1) is 21.7 Å². The fraction of sp³-hybridized carbons (Fsp3) is 0.176. The molecule has 0 fully saturated rings. The molecule has 0 aromatic heterocycles. The van der Waals surface area contributed by atoms with Crippen molar-refractivity contribution in [3.63, 3.8) is 0 Å². The highest BCUT2D eigenvalue weighted by atomic mass is 19.1. The summed E-state index contributed by atoms with van der Waals surface area (Å²) in [5, 5.41) is 13.0. The number of carbonyl (C=O) groups is 2. The lowest BCUT2D eigenvalue weighted by atomic mass is 10.2. The van der Waals surface area contributed by atoms with Crippen molar-refractivity contribution in [2.45, 2.75) is 13.0 Å². The van der Waals surface area contributed by atoms with Crippen molar-refractivity contribution in [2.24, 2.45) is 0 Å². The summed E-state index contributed by atoms with van der Waals surface area (Å²) in [7, 11) is 0. The molecule has 2 aromatic rings. The van der Waals surface area contributed by atoms with Gasteiger partial charge in [0.25, 0.3) is 5.91 Å². The highest BCUT2D eigenvalue weighted by molar-refractivity contribution is 5.95. The molecule has 0 aliphatic heterocycles. The monoisotopic (exact) mass is 380 g/mol. The average Bonchev–Trinajstić information content (AvgIpc) is 2.62. The fourth-order valence-corrected chi connectivity index (χ4v) is 1.93. The molecule has 0 saturated carbocycles. The van der Waals surface area contributed by atoms with E-state index < -0.39 is 46.8 Å². The molecule has 0 spiro atoms. The number of halogens is 2. The SMILES string of the molecule is C[C@@H](OC(=O)COc1ccc(F)cc1)C(=O)Nc1ccc(F)c([N+](=O)[O-])c1. The number of benzene rings is 2. The van der Waals surface area contributed by atoms with E-state index in [0.717, 1.165) is 30.3 Å². The van der Waals surface area contributed by atoms with E-state index in [2.05, 4.69) is 5.32 Å². The number of rotatable bonds is 7. The highest BCUT2D eigenvalue weighted by Gasteiger charge is 2.20. The Balaban J connectivity index is 1.87. The van der Waals surface area contributed by atoms with E-state index in [1.807, 2.05) is 0 Å². The summed E-state index contributed by atoms with van der Waals surface area (Å²) >= 11 is 0. The number of hydrogen-bond acceptors (Lipinski definition) is 6. The van der Waals surface area contributed by atoms with E-state index in [4.69, 9.17) is 9.47 Å². The van der Waals surface area contributed by atoms with Crippen molar-refractivity contribution >= 4 is 23.3 Å². The van der Waals surface area contributed by atoms with Gasteiger partial charge in [0.05, 0.1) is 4.92 Å². The van der Waals surface area contributed by atoms with Gasteiger partial charge in [-0.3, -0.25) is 14.9 Å². The number of esters is 1. The second kappa shape index (κ2) is 8.70. The van der Waals surface area contributed by atoms with Gasteiger partial charge >= 0.3 is 11.7 Å². The summed E-state index contributed by atoms with van der Waals surface area (Å²) in [5.41, 5.74) is -0.830. The van der Waals surface area contributed by atoms with Crippen LogP contribution in [0.15, 0.2) is 42.5 Å². The lowest BCUT2D eigenvalue weighted by molar-refractivity contribution is -0.387. The van der Waals surface area contributed by atoms with Crippen LogP contribution in [-0.2, 0) is 14.3 Å². The largest absolute Gasteiger partial charge is 0.482 e. The molecule has 8 nitrogen and oxygen atoms in total. The molecule has 0 bridgehead atoms. The fourth-order valence-electron chi connectivity index (χ4n) is 1.93. The van der Waals surface area contributed by atoms with Crippen LogP contribution in [-0.4, -0.2) is 29.5 Å². The molecule has 1 amide bonds. The Labute approximate surface area is 151 Å². The van der Waals surface area contributed by atoms with Gasteiger partial charge in [0.15, 0.2) is 12.7 Å². The Morgan fingerprint density at radius 3 is 2.48 bits per heavy atom. The average molecular weight is 380 g/mol. The first-order chi connectivity index (χ1) is 12.8. The van der Waals surface area contributed by atoms with Gasteiger partial charge in [-0.15, -0.1) is 0 Å². The number of nitrogens with one attached hydrogen (secondary N) is 1. The number of nitro benzene ring substituents is 1. The van der Waals surface area contributed by atoms with Gasteiger partial charge in [-0.05, 0) is 43.3 Å². The topological polar surface area (TPSA) is 108 Å². The first-order valence-corrected chi connectivity index (χ1v) is 7.59. The maximum absolute atomic E-state index is 13.3. The maximum atomic E-state index is 13.3. The summed E-state index contributed by atoms with van der Waals surface area (Å²) in [4.78, 5) is 33.5. The van der Waals surface area contributed by atoms with Crippen LogP contribution < -0.4 is 10.1 Å². The summed E-state index contributed by atoms with van der Waals surface area (Å²) in [6, 6.07) is 7.75. The third kappa shape index (κ3) is 5.73. The van der Waals surface area contributed by atoms with Crippen LogP contribution >= 0.6 is 0 Å². The molecular formula is C17H14F2N2O6. The smallest absolute Gasteiger partial charge is 0.344 e. The third-order valence-electron chi connectivity index (χ3n) is 3.26. The Kier molecular flexibility index (Phi) is 6.36. The molecule has 2 aromatic carbocycles.